The number of sulfonamides is 1. The van der Waals surface area contributed by atoms with Crippen LogP contribution in [0.3, 0.4) is 0 Å². The number of hydrogen-bond acceptors (Lipinski definition) is 4. The van der Waals surface area contributed by atoms with E-state index in [1.165, 1.54) is 24.3 Å². The third-order valence-electron chi connectivity index (χ3n) is 2.97. The van der Waals surface area contributed by atoms with E-state index in [2.05, 4.69) is 5.32 Å². The molecule has 0 amide bonds. The summed E-state index contributed by atoms with van der Waals surface area (Å²) in [6.07, 6.45) is 0.705. The predicted octanol–water partition coefficient (Wildman–Crippen LogP) is 1.71. The van der Waals surface area contributed by atoms with Crippen LogP contribution in [0.25, 0.3) is 0 Å². The highest BCUT2D eigenvalue weighted by Gasteiger charge is 2.12. The fourth-order valence-electron chi connectivity index (χ4n) is 1.92. The van der Waals surface area contributed by atoms with Crippen LogP contribution in [-0.2, 0) is 16.4 Å². The van der Waals surface area contributed by atoms with Gasteiger partial charge in [-0.2, -0.15) is 0 Å². The van der Waals surface area contributed by atoms with E-state index in [0.717, 1.165) is 5.56 Å². The van der Waals surface area contributed by atoms with Crippen molar-refractivity contribution in [2.75, 3.05) is 17.6 Å². The summed E-state index contributed by atoms with van der Waals surface area (Å²) in [5, 5.41) is 8.16. The molecule has 0 atom stereocenters. The summed E-state index contributed by atoms with van der Waals surface area (Å²) in [5.74, 6) is -0.266. The summed E-state index contributed by atoms with van der Waals surface area (Å²) < 4.78 is 35.2. The summed E-state index contributed by atoms with van der Waals surface area (Å²) >= 11 is 0. The number of nitrogen functional groups attached to an aromatic ring is 1. The van der Waals surface area contributed by atoms with E-state index in [9.17, 15) is 12.8 Å². The molecule has 112 valence electrons. The van der Waals surface area contributed by atoms with Gasteiger partial charge in [0.2, 0.25) is 10.0 Å². The van der Waals surface area contributed by atoms with Crippen molar-refractivity contribution >= 4 is 21.4 Å². The molecule has 2 aromatic carbocycles. The van der Waals surface area contributed by atoms with Gasteiger partial charge < -0.3 is 11.1 Å². The summed E-state index contributed by atoms with van der Waals surface area (Å²) in [6, 6.07) is 10.7. The molecule has 0 heterocycles. The van der Waals surface area contributed by atoms with Crippen molar-refractivity contribution in [3.8, 4) is 0 Å². The minimum Gasteiger partial charge on any atom is -0.398 e. The topological polar surface area (TPSA) is 98.2 Å². The molecule has 0 saturated carbocycles. The van der Waals surface area contributed by atoms with Crippen LogP contribution in [0.5, 0.6) is 0 Å². The van der Waals surface area contributed by atoms with Crippen molar-refractivity contribution < 1.29 is 12.8 Å². The third kappa shape index (κ3) is 4.17. The largest absolute Gasteiger partial charge is 0.398 e. The maximum Gasteiger partial charge on any atom is 0.240 e. The quantitative estimate of drug-likeness (QED) is 0.732. The molecule has 0 aliphatic rings. The fourth-order valence-corrected chi connectivity index (χ4v) is 2.56. The van der Waals surface area contributed by atoms with Crippen LogP contribution >= 0.6 is 0 Å². The van der Waals surface area contributed by atoms with E-state index in [4.69, 9.17) is 10.9 Å². The van der Waals surface area contributed by atoms with Crippen LogP contribution in [-0.4, -0.2) is 15.0 Å². The Bertz CT molecular complexity index is 730. The van der Waals surface area contributed by atoms with Gasteiger partial charge in [-0.15, -0.1) is 0 Å². The normalized spacial score (nSPS) is 11.3. The van der Waals surface area contributed by atoms with E-state index in [1.54, 1.807) is 18.2 Å². The van der Waals surface area contributed by atoms with Crippen LogP contribution in [0.2, 0.25) is 0 Å². The van der Waals surface area contributed by atoms with Crippen molar-refractivity contribution in [2.24, 2.45) is 5.14 Å². The summed E-state index contributed by atoms with van der Waals surface area (Å²) in [7, 11) is -3.81. The van der Waals surface area contributed by atoms with Crippen molar-refractivity contribution in [1.29, 1.82) is 0 Å². The van der Waals surface area contributed by atoms with Crippen molar-refractivity contribution in [1.82, 2.24) is 0 Å². The van der Waals surface area contributed by atoms with E-state index < -0.39 is 10.0 Å². The lowest BCUT2D eigenvalue weighted by atomic mass is 10.1. The number of nitrogens with one attached hydrogen (secondary N) is 1. The SMILES string of the molecule is Nc1cc(NCCc2ccc(F)cc2)ccc1S(N)(=O)=O. The van der Waals surface area contributed by atoms with E-state index in [0.29, 0.717) is 18.7 Å². The predicted molar refractivity (Wildman–Crippen MR) is 80.8 cm³/mol. The molecule has 2 rings (SSSR count). The van der Waals surface area contributed by atoms with Gasteiger partial charge in [0.15, 0.2) is 0 Å². The number of benzene rings is 2. The molecule has 0 unspecified atom stereocenters. The second kappa shape index (κ2) is 6.11. The Hall–Kier alpha value is -2.12. The van der Waals surface area contributed by atoms with Crippen LogP contribution in [0.4, 0.5) is 15.8 Å². The van der Waals surface area contributed by atoms with Crippen molar-refractivity contribution in [3.63, 3.8) is 0 Å². The van der Waals surface area contributed by atoms with Gasteiger partial charge >= 0.3 is 0 Å². The molecule has 5 N–H and O–H groups in total. The monoisotopic (exact) mass is 309 g/mol. The first-order chi connectivity index (χ1) is 9.86. The fraction of sp³-hybridized carbons (Fsp3) is 0.143. The summed E-state index contributed by atoms with van der Waals surface area (Å²) in [4.78, 5) is -0.0911. The number of hydrogen-bond donors (Lipinski definition) is 3. The zero-order valence-electron chi connectivity index (χ0n) is 11.2. The number of rotatable bonds is 5. The molecule has 0 fully saturated rings. The lowest BCUT2D eigenvalue weighted by Crippen LogP contribution is -2.14. The number of primary sulfonamides is 1. The molecular formula is C14H16FN3O2S. The number of halogens is 1. The van der Waals surface area contributed by atoms with Gasteiger partial charge in [-0.3, -0.25) is 0 Å². The highest BCUT2D eigenvalue weighted by molar-refractivity contribution is 7.89. The van der Waals surface area contributed by atoms with Gasteiger partial charge in [-0.25, -0.2) is 17.9 Å². The Balaban J connectivity index is 1.98. The highest BCUT2D eigenvalue weighted by atomic mass is 32.2. The smallest absolute Gasteiger partial charge is 0.240 e. The lowest BCUT2D eigenvalue weighted by molar-refractivity contribution is 0.598. The van der Waals surface area contributed by atoms with E-state index in [-0.39, 0.29) is 16.4 Å². The standard InChI is InChI=1S/C14H16FN3O2S/c15-11-3-1-10(2-4-11)7-8-18-12-5-6-14(13(16)9-12)21(17,19)20/h1-6,9,18H,7-8,16H2,(H2,17,19,20). The zero-order valence-corrected chi connectivity index (χ0v) is 12.0. The summed E-state index contributed by atoms with van der Waals surface area (Å²) in [6.45, 7) is 0.611. The Kier molecular flexibility index (Phi) is 4.44. The second-order valence-corrected chi connectivity index (χ2v) is 6.13. The molecule has 0 radical (unpaired) electrons. The van der Waals surface area contributed by atoms with E-state index in [1.807, 2.05) is 0 Å². The lowest BCUT2D eigenvalue weighted by Gasteiger charge is -2.09. The van der Waals surface area contributed by atoms with Gasteiger partial charge in [-0.05, 0) is 42.3 Å². The Morgan fingerprint density at radius 1 is 1.10 bits per heavy atom. The molecular weight excluding hydrogens is 293 g/mol. The molecule has 0 spiro atoms. The first-order valence-corrected chi connectivity index (χ1v) is 7.81. The average molecular weight is 309 g/mol. The molecule has 0 saturated heterocycles. The van der Waals surface area contributed by atoms with Crippen LogP contribution in [0.15, 0.2) is 47.4 Å². The van der Waals surface area contributed by atoms with Crippen LogP contribution in [0.1, 0.15) is 5.56 Å². The molecule has 0 aliphatic heterocycles. The van der Waals surface area contributed by atoms with Gasteiger partial charge in [0.05, 0.1) is 5.69 Å². The minimum absolute atomic E-state index is 0.0911. The molecule has 2 aromatic rings. The molecule has 0 aromatic heterocycles. The Morgan fingerprint density at radius 3 is 2.33 bits per heavy atom. The number of nitrogens with two attached hydrogens (primary N) is 2. The van der Waals surface area contributed by atoms with Gasteiger partial charge in [0.25, 0.3) is 0 Å². The molecule has 7 heteroatoms. The molecule has 21 heavy (non-hydrogen) atoms. The van der Waals surface area contributed by atoms with Crippen LogP contribution < -0.4 is 16.2 Å². The maximum atomic E-state index is 12.8. The van der Waals surface area contributed by atoms with Gasteiger partial charge in [0, 0.05) is 12.2 Å². The Labute approximate surface area is 122 Å². The minimum atomic E-state index is -3.81. The average Bonchev–Trinajstić information content (AvgIpc) is 2.40. The van der Waals surface area contributed by atoms with Crippen molar-refractivity contribution in [2.45, 2.75) is 11.3 Å². The number of anilines is 2. The zero-order chi connectivity index (χ0) is 15.5. The van der Waals surface area contributed by atoms with Crippen molar-refractivity contribution in [3.05, 3.63) is 53.8 Å². The first-order valence-electron chi connectivity index (χ1n) is 6.27. The highest BCUT2D eigenvalue weighted by Crippen LogP contribution is 2.21. The first kappa shape index (κ1) is 15.3. The third-order valence-corrected chi connectivity index (χ3v) is 3.96. The summed E-state index contributed by atoms with van der Waals surface area (Å²) in [5.41, 5.74) is 7.46. The van der Waals surface area contributed by atoms with Gasteiger partial charge in [-0.1, -0.05) is 12.1 Å². The maximum absolute atomic E-state index is 12.8. The van der Waals surface area contributed by atoms with E-state index >= 15 is 0 Å². The van der Waals surface area contributed by atoms with Crippen LogP contribution in [0, 0.1) is 5.82 Å². The second-order valence-electron chi connectivity index (χ2n) is 4.60. The molecule has 0 bridgehead atoms. The molecule has 0 aliphatic carbocycles. The molecule has 5 nitrogen and oxygen atoms in total. The Morgan fingerprint density at radius 2 is 1.76 bits per heavy atom. The van der Waals surface area contributed by atoms with Gasteiger partial charge in [0.1, 0.15) is 10.7 Å².